The molecule has 2 atom stereocenters. The van der Waals surface area contributed by atoms with E-state index in [9.17, 15) is 0 Å². The summed E-state index contributed by atoms with van der Waals surface area (Å²) in [4.78, 5) is 2.70. The normalized spacial score (nSPS) is 34.1. The smallest absolute Gasteiger partial charge is 0.0262 e. The van der Waals surface area contributed by atoms with Gasteiger partial charge in [-0.25, -0.2) is 0 Å². The third-order valence-corrected chi connectivity index (χ3v) is 3.97. The van der Waals surface area contributed by atoms with E-state index in [1.54, 1.807) is 11.3 Å². The average molecular weight is 193 g/mol. The van der Waals surface area contributed by atoms with Crippen LogP contribution in [0.4, 0.5) is 0 Å². The first-order valence-corrected chi connectivity index (χ1v) is 6.17. The minimum absolute atomic E-state index is 0.785. The molecule has 0 radical (unpaired) electrons. The predicted octanol–water partition coefficient (Wildman–Crippen LogP) is 3.71. The van der Waals surface area contributed by atoms with Gasteiger partial charge in [0, 0.05) is 17.8 Å². The minimum atomic E-state index is 0.785. The van der Waals surface area contributed by atoms with Crippen molar-refractivity contribution < 1.29 is 0 Å². The van der Waals surface area contributed by atoms with Gasteiger partial charge in [-0.1, -0.05) is 5.57 Å². The standard InChI is InChI=1S/C13H23N/c1-10-6-4-5-7-13(10)14-11(2)8-9-12(14)3/h11-12H,4-9H2,1-3H3. The Balaban J connectivity index is 2.20. The van der Waals surface area contributed by atoms with Gasteiger partial charge in [0.25, 0.3) is 0 Å². The molecule has 0 saturated carbocycles. The van der Waals surface area contributed by atoms with Gasteiger partial charge in [0.05, 0.1) is 0 Å². The Kier molecular flexibility index (Phi) is 2.85. The van der Waals surface area contributed by atoms with E-state index in [-0.39, 0.29) is 0 Å². The van der Waals surface area contributed by atoms with Crippen LogP contribution in [-0.4, -0.2) is 17.0 Å². The summed E-state index contributed by atoms with van der Waals surface area (Å²) in [5.41, 5.74) is 3.35. The fourth-order valence-electron chi connectivity index (χ4n) is 3.12. The van der Waals surface area contributed by atoms with Crippen LogP contribution in [0.3, 0.4) is 0 Å². The van der Waals surface area contributed by atoms with Gasteiger partial charge in [0.15, 0.2) is 0 Å². The monoisotopic (exact) mass is 193 g/mol. The van der Waals surface area contributed by atoms with Crippen LogP contribution in [0, 0.1) is 0 Å². The lowest BCUT2D eigenvalue weighted by Gasteiger charge is -2.35. The number of rotatable bonds is 1. The summed E-state index contributed by atoms with van der Waals surface area (Å²) in [6.45, 7) is 7.11. The second-order valence-corrected chi connectivity index (χ2v) is 5.12. The maximum Gasteiger partial charge on any atom is 0.0262 e. The number of hydrogen-bond acceptors (Lipinski definition) is 1. The maximum absolute atomic E-state index is 2.70. The largest absolute Gasteiger partial charge is 0.369 e. The molecule has 2 aliphatic rings. The molecule has 0 aromatic rings. The third kappa shape index (κ3) is 1.69. The molecular formula is C13H23N. The molecule has 2 rings (SSSR count). The molecule has 1 aliphatic heterocycles. The van der Waals surface area contributed by atoms with E-state index >= 15 is 0 Å². The molecule has 14 heavy (non-hydrogen) atoms. The summed E-state index contributed by atoms with van der Waals surface area (Å²) >= 11 is 0. The van der Waals surface area contributed by atoms with Crippen LogP contribution in [0.5, 0.6) is 0 Å². The summed E-state index contributed by atoms with van der Waals surface area (Å²) < 4.78 is 0. The van der Waals surface area contributed by atoms with Crippen molar-refractivity contribution in [3.8, 4) is 0 Å². The highest BCUT2D eigenvalue weighted by atomic mass is 15.2. The van der Waals surface area contributed by atoms with E-state index in [1.165, 1.54) is 38.5 Å². The van der Waals surface area contributed by atoms with Crippen LogP contribution in [0.2, 0.25) is 0 Å². The molecule has 1 heterocycles. The molecule has 80 valence electrons. The molecule has 1 saturated heterocycles. The Morgan fingerprint density at radius 3 is 2.14 bits per heavy atom. The van der Waals surface area contributed by atoms with E-state index in [2.05, 4.69) is 25.7 Å². The number of likely N-dealkylation sites (tertiary alicyclic amines) is 1. The highest BCUT2D eigenvalue weighted by molar-refractivity contribution is 5.16. The predicted molar refractivity (Wildman–Crippen MR) is 61.2 cm³/mol. The van der Waals surface area contributed by atoms with Gasteiger partial charge in [-0.2, -0.15) is 0 Å². The first kappa shape index (κ1) is 10.1. The maximum atomic E-state index is 2.70. The number of hydrogen-bond donors (Lipinski definition) is 0. The van der Waals surface area contributed by atoms with Gasteiger partial charge >= 0.3 is 0 Å². The lowest BCUT2D eigenvalue weighted by molar-refractivity contribution is 0.257. The van der Waals surface area contributed by atoms with Gasteiger partial charge < -0.3 is 4.90 Å². The van der Waals surface area contributed by atoms with Crippen molar-refractivity contribution in [2.45, 2.75) is 71.4 Å². The Bertz CT molecular complexity index is 232. The summed E-state index contributed by atoms with van der Waals surface area (Å²) in [6.07, 6.45) is 8.26. The van der Waals surface area contributed by atoms with Gasteiger partial charge in [0.2, 0.25) is 0 Å². The molecule has 0 amide bonds. The summed E-state index contributed by atoms with van der Waals surface area (Å²) in [6, 6.07) is 1.57. The molecule has 1 aliphatic carbocycles. The molecule has 0 spiro atoms. The fourth-order valence-corrected chi connectivity index (χ4v) is 3.12. The molecular weight excluding hydrogens is 170 g/mol. The SMILES string of the molecule is CC1=C(N2C(C)CCC2C)CCCC1. The van der Waals surface area contributed by atoms with Crippen LogP contribution in [0.25, 0.3) is 0 Å². The molecule has 1 nitrogen and oxygen atoms in total. The quantitative estimate of drug-likeness (QED) is 0.613. The van der Waals surface area contributed by atoms with Crippen molar-refractivity contribution in [1.29, 1.82) is 0 Å². The van der Waals surface area contributed by atoms with Crippen LogP contribution in [0.1, 0.15) is 59.3 Å². The summed E-state index contributed by atoms with van der Waals surface area (Å²) in [5.74, 6) is 0. The van der Waals surface area contributed by atoms with Gasteiger partial charge in [-0.15, -0.1) is 0 Å². The molecule has 0 N–H and O–H groups in total. The summed E-state index contributed by atoms with van der Waals surface area (Å²) in [5, 5.41) is 0. The van der Waals surface area contributed by atoms with Crippen LogP contribution in [0.15, 0.2) is 11.3 Å². The average Bonchev–Trinajstić information content (AvgIpc) is 2.48. The van der Waals surface area contributed by atoms with Crippen molar-refractivity contribution in [2.24, 2.45) is 0 Å². The van der Waals surface area contributed by atoms with Crippen LogP contribution >= 0.6 is 0 Å². The highest BCUT2D eigenvalue weighted by Crippen LogP contribution is 2.35. The second-order valence-electron chi connectivity index (χ2n) is 5.12. The van der Waals surface area contributed by atoms with E-state index in [0.717, 1.165) is 12.1 Å². The number of nitrogens with zero attached hydrogens (tertiary/aromatic N) is 1. The molecule has 0 aromatic carbocycles. The first-order valence-electron chi connectivity index (χ1n) is 6.17. The zero-order chi connectivity index (χ0) is 10.1. The molecule has 0 bridgehead atoms. The Morgan fingerprint density at radius 2 is 1.57 bits per heavy atom. The van der Waals surface area contributed by atoms with Gasteiger partial charge in [0.1, 0.15) is 0 Å². The Labute approximate surface area is 88.2 Å². The van der Waals surface area contributed by atoms with Crippen molar-refractivity contribution in [2.75, 3.05) is 0 Å². The number of allylic oxidation sites excluding steroid dienone is 2. The van der Waals surface area contributed by atoms with E-state index < -0.39 is 0 Å². The van der Waals surface area contributed by atoms with Crippen molar-refractivity contribution in [3.63, 3.8) is 0 Å². The second kappa shape index (κ2) is 3.96. The zero-order valence-corrected chi connectivity index (χ0v) is 9.84. The summed E-state index contributed by atoms with van der Waals surface area (Å²) in [7, 11) is 0. The van der Waals surface area contributed by atoms with Crippen molar-refractivity contribution in [1.82, 2.24) is 4.90 Å². The Hall–Kier alpha value is -0.460. The Morgan fingerprint density at radius 1 is 1.00 bits per heavy atom. The molecule has 1 heteroatoms. The van der Waals surface area contributed by atoms with Gasteiger partial charge in [-0.3, -0.25) is 0 Å². The van der Waals surface area contributed by atoms with Crippen LogP contribution in [-0.2, 0) is 0 Å². The zero-order valence-electron chi connectivity index (χ0n) is 9.84. The molecule has 1 fully saturated rings. The lowest BCUT2D eigenvalue weighted by atomic mass is 9.96. The third-order valence-electron chi connectivity index (χ3n) is 3.97. The lowest BCUT2D eigenvalue weighted by Crippen LogP contribution is -2.33. The van der Waals surface area contributed by atoms with Crippen molar-refractivity contribution in [3.05, 3.63) is 11.3 Å². The topological polar surface area (TPSA) is 3.24 Å². The highest BCUT2D eigenvalue weighted by Gasteiger charge is 2.30. The first-order chi connectivity index (χ1) is 6.70. The fraction of sp³-hybridized carbons (Fsp3) is 0.846. The van der Waals surface area contributed by atoms with E-state index in [1.807, 2.05) is 0 Å². The van der Waals surface area contributed by atoms with E-state index in [4.69, 9.17) is 0 Å². The van der Waals surface area contributed by atoms with Crippen LogP contribution < -0.4 is 0 Å². The molecule has 0 aromatic heterocycles. The minimum Gasteiger partial charge on any atom is -0.369 e. The van der Waals surface area contributed by atoms with Crippen molar-refractivity contribution >= 4 is 0 Å². The van der Waals surface area contributed by atoms with E-state index in [0.29, 0.717) is 0 Å². The molecule has 2 unspecified atom stereocenters. The van der Waals surface area contributed by atoms with Gasteiger partial charge in [-0.05, 0) is 59.3 Å².